The molecule has 7 nitrogen and oxygen atoms in total. The summed E-state index contributed by atoms with van der Waals surface area (Å²) in [5, 5.41) is 10.1. The number of aromatic nitrogens is 2. The van der Waals surface area contributed by atoms with Crippen LogP contribution in [0.5, 0.6) is 0 Å². The molecule has 1 rings (SSSR count). The molecule has 8 heteroatoms. The quantitative estimate of drug-likeness (QED) is 0.725. The van der Waals surface area contributed by atoms with Crippen molar-refractivity contribution in [2.45, 2.75) is 71.2 Å². The molecule has 24 heavy (non-hydrogen) atoms. The van der Waals surface area contributed by atoms with E-state index in [4.69, 9.17) is 14.9 Å². The van der Waals surface area contributed by atoms with Crippen LogP contribution >= 0.6 is 0 Å². The Bertz CT molecular complexity index is 596. The van der Waals surface area contributed by atoms with E-state index < -0.39 is 32.4 Å². The Hall–Kier alpha value is -1.22. The first-order valence-corrected chi connectivity index (χ1v) is 11.1. The number of anilines is 1. The van der Waals surface area contributed by atoms with Gasteiger partial charge in [0, 0.05) is 6.20 Å². The lowest BCUT2D eigenvalue weighted by Crippen LogP contribution is -2.45. The van der Waals surface area contributed by atoms with Gasteiger partial charge in [-0.25, -0.2) is 4.79 Å². The van der Waals surface area contributed by atoms with Crippen LogP contribution in [0.2, 0.25) is 18.1 Å². The Kier molecular flexibility index (Phi) is 6.74. The van der Waals surface area contributed by atoms with Gasteiger partial charge in [0.25, 0.3) is 0 Å². The van der Waals surface area contributed by atoms with Gasteiger partial charge in [0.15, 0.2) is 8.32 Å². The molecule has 1 heterocycles. The molecule has 0 fully saturated rings. The summed E-state index contributed by atoms with van der Waals surface area (Å²) in [4.78, 5) is 15.6. The highest BCUT2D eigenvalue weighted by Crippen LogP contribution is 2.36. The molecule has 0 aliphatic heterocycles. The van der Waals surface area contributed by atoms with Gasteiger partial charge >= 0.3 is 5.69 Å². The third kappa shape index (κ3) is 5.40. The third-order valence-corrected chi connectivity index (χ3v) is 9.07. The SMILES string of the molecule is CC(O)[C@@H](CO[Si](C)(C)C(C)(C)C)OC(C)n1ccc(N)nc1=O. The van der Waals surface area contributed by atoms with Crippen molar-refractivity contribution in [1.29, 1.82) is 0 Å². The minimum atomic E-state index is -1.95. The van der Waals surface area contributed by atoms with E-state index in [1.807, 2.05) is 0 Å². The van der Waals surface area contributed by atoms with Crippen molar-refractivity contribution >= 4 is 14.1 Å². The minimum Gasteiger partial charge on any atom is -0.414 e. The predicted octanol–water partition coefficient (Wildman–Crippen LogP) is 2.13. The molecule has 0 bridgehead atoms. The number of hydrogen-bond acceptors (Lipinski definition) is 6. The van der Waals surface area contributed by atoms with Gasteiger partial charge in [-0.1, -0.05) is 20.8 Å². The standard InChI is InChI=1S/C16H31N3O4Si/c1-11(20)13(10-22-24(6,7)16(3,4)5)23-12(2)19-9-8-14(17)18-15(19)21/h8-9,11-13,20H,10H2,1-7H3,(H2,17,18,21)/t11?,12?,13-/m1/s1. The van der Waals surface area contributed by atoms with Crippen LogP contribution in [0.3, 0.4) is 0 Å². The van der Waals surface area contributed by atoms with E-state index in [1.54, 1.807) is 13.8 Å². The number of rotatable bonds is 7. The summed E-state index contributed by atoms with van der Waals surface area (Å²) >= 11 is 0. The molecule has 138 valence electrons. The highest BCUT2D eigenvalue weighted by molar-refractivity contribution is 6.74. The zero-order valence-corrected chi connectivity index (χ0v) is 16.7. The number of nitrogens with two attached hydrogens (primary N) is 1. The van der Waals surface area contributed by atoms with Gasteiger partial charge < -0.3 is 20.0 Å². The van der Waals surface area contributed by atoms with Gasteiger partial charge in [-0.05, 0) is 38.0 Å². The fourth-order valence-corrected chi connectivity index (χ4v) is 2.83. The molecule has 0 saturated heterocycles. The monoisotopic (exact) mass is 357 g/mol. The van der Waals surface area contributed by atoms with E-state index >= 15 is 0 Å². The molecule has 1 aromatic heterocycles. The lowest BCUT2D eigenvalue weighted by atomic mass is 10.2. The van der Waals surface area contributed by atoms with E-state index in [0.29, 0.717) is 0 Å². The average molecular weight is 358 g/mol. The summed E-state index contributed by atoms with van der Waals surface area (Å²) in [5.41, 5.74) is 5.00. The summed E-state index contributed by atoms with van der Waals surface area (Å²) < 4.78 is 13.3. The second kappa shape index (κ2) is 7.77. The van der Waals surface area contributed by atoms with Gasteiger partial charge in [-0.15, -0.1) is 0 Å². The fourth-order valence-electron chi connectivity index (χ4n) is 1.82. The zero-order valence-electron chi connectivity index (χ0n) is 15.7. The first-order chi connectivity index (χ1) is 10.8. The lowest BCUT2D eigenvalue weighted by molar-refractivity contribution is -0.110. The second-order valence-corrected chi connectivity index (χ2v) is 12.4. The Balaban J connectivity index is 2.81. The summed E-state index contributed by atoms with van der Waals surface area (Å²) in [6.45, 7) is 14.4. The minimum absolute atomic E-state index is 0.0691. The highest BCUT2D eigenvalue weighted by Gasteiger charge is 2.38. The summed E-state index contributed by atoms with van der Waals surface area (Å²) in [5.74, 6) is 0.164. The van der Waals surface area contributed by atoms with E-state index in [9.17, 15) is 9.90 Å². The number of nitrogens with zero attached hydrogens (tertiary/aromatic N) is 2. The van der Waals surface area contributed by atoms with Crippen LogP contribution < -0.4 is 11.4 Å². The third-order valence-electron chi connectivity index (χ3n) is 4.57. The molecule has 0 aliphatic carbocycles. The van der Waals surface area contributed by atoms with Crippen molar-refractivity contribution in [2.24, 2.45) is 0 Å². The van der Waals surface area contributed by atoms with Crippen LogP contribution in [0.25, 0.3) is 0 Å². The van der Waals surface area contributed by atoms with Crippen molar-refractivity contribution < 1.29 is 14.3 Å². The lowest BCUT2D eigenvalue weighted by Gasteiger charge is -2.38. The maximum absolute atomic E-state index is 11.9. The van der Waals surface area contributed by atoms with Gasteiger partial charge in [0.05, 0.1) is 12.7 Å². The summed E-state index contributed by atoms with van der Waals surface area (Å²) in [6, 6.07) is 1.53. The molecule has 0 amide bonds. The normalized spacial score (nSPS) is 16.7. The maximum atomic E-state index is 11.9. The van der Waals surface area contributed by atoms with Crippen molar-refractivity contribution in [1.82, 2.24) is 9.55 Å². The van der Waals surface area contributed by atoms with Gasteiger partial charge in [0.1, 0.15) is 18.1 Å². The molecular weight excluding hydrogens is 326 g/mol. The van der Waals surface area contributed by atoms with E-state index in [-0.39, 0.29) is 17.5 Å². The first kappa shape index (κ1) is 20.8. The molecule has 2 unspecified atom stereocenters. The second-order valence-electron chi connectivity index (χ2n) is 7.63. The van der Waals surface area contributed by atoms with Gasteiger partial charge in [-0.3, -0.25) is 4.57 Å². The first-order valence-electron chi connectivity index (χ1n) is 8.17. The largest absolute Gasteiger partial charge is 0.414 e. The molecule has 0 saturated carbocycles. The number of aliphatic hydroxyl groups is 1. The smallest absolute Gasteiger partial charge is 0.351 e. The van der Waals surface area contributed by atoms with E-state index in [1.165, 1.54) is 16.8 Å². The Labute approximate surface area is 144 Å². The fraction of sp³-hybridized carbons (Fsp3) is 0.750. The van der Waals surface area contributed by atoms with Crippen LogP contribution in [0.4, 0.5) is 5.82 Å². The molecule has 0 aromatic carbocycles. The van der Waals surface area contributed by atoms with Crippen molar-refractivity contribution in [2.75, 3.05) is 12.3 Å². The number of nitrogen functional groups attached to an aromatic ring is 1. The summed E-state index contributed by atoms with van der Waals surface area (Å²) in [6.07, 6.45) is -0.329. The number of aliphatic hydroxyl groups excluding tert-OH is 1. The van der Waals surface area contributed by atoms with E-state index in [2.05, 4.69) is 38.8 Å². The van der Waals surface area contributed by atoms with Crippen LogP contribution in [0.15, 0.2) is 17.1 Å². The average Bonchev–Trinajstić information content (AvgIpc) is 2.41. The van der Waals surface area contributed by atoms with Crippen LogP contribution in [0.1, 0.15) is 40.8 Å². The molecule has 1 aromatic rings. The highest BCUT2D eigenvalue weighted by atomic mass is 28.4. The molecule has 0 radical (unpaired) electrons. The zero-order chi connectivity index (χ0) is 18.7. The van der Waals surface area contributed by atoms with Gasteiger partial charge in [-0.2, -0.15) is 4.98 Å². The molecule has 3 N–H and O–H groups in total. The summed E-state index contributed by atoms with van der Waals surface area (Å²) in [7, 11) is -1.95. The predicted molar refractivity (Wildman–Crippen MR) is 97.3 cm³/mol. The topological polar surface area (TPSA) is 99.6 Å². The number of hydrogen-bond donors (Lipinski definition) is 2. The Morgan fingerprint density at radius 2 is 1.96 bits per heavy atom. The van der Waals surface area contributed by atoms with Crippen molar-refractivity contribution in [3.63, 3.8) is 0 Å². The maximum Gasteiger partial charge on any atom is 0.351 e. The molecular formula is C16H31N3O4Si. The molecule has 0 aliphatic rings. The van der Waals surface area contributed by atoms with Crippen LogP contribution in [0, 0.1) is 0 Å². The Morgan fingerprint density at radius 1 is 1.38 bits per heavy atom. The van der Waals surface area contributed by atoms with Gasteiger partial charge in [0.2, 0.25) is 0 Å². The van der Waals surface area contributed by atoms with Crippen LogP contribution in [-0.2, 0) is 9.16 Å². The Morgan fingerprint density at radius 3 is 2.42 bits per heavy atom. The number of ether oxygens (including phenoxy) is 1. The molecule has 0 spiro atoms. The molecule has 3 atom stereocenters. The van der Waals surface area contributed by atoms with Crippen LogP contribution in [-0.4, -0.2) is 41.8 Å². The van der Waals surface area contributed by atoms with Crippen molar-refractivity contribution in [3.05, 3.63) is 22.7 Å². The van der Waals surface area contributed by atoms with E-state index in [0.717, 1.165) is 0 Å². The van der Waals surface area contributed by atoms with Crippen molar-refractivity contribution in [3.8, 4) is 0 Å².